The summed E-state index contributed by atoms with van der Waals surface area (Å²) in [5, 5.41) is 12.9. The van der Waals surface area contributed by atoms with Gasteiger partial charge in [0.2, 0.25) is 0 Å². The number of hydrogen-bond acceptors (Lipinski definition) is 4. The Kier molecular flexibility index (Phi) is 2.99. The Balaban J connectivity index is 1.89. The number of carbonyl (C=O) groups is 2. The first-order valence-electron chi connectivity index (χ1n) is 7.40. The number of aromatic nitrogens is 1. The van der Waals surface area contributed by atoms with E-state index in [-0.39, 0.29) is 11.8 Å². The van der Waals surface area contributed by atoms with Crippen LogP contribution in [-0.2, 0) is 0 Å². The average molecular weight is 319 g/mol. The van der Waals surface area contributed by atoms with E-state index in [4.69, 9.17) is 5.21 Å². The number of fused-ring (bicyclic) bond motifs is 2. The lowest BCUT2D eigenvalue weighted by Crippen LogP contribution is -2.29. The van der Waals surface area contributed by atoms with Gasteiger partial charge in [-0.2, -0.15) is 0 Å². The van der Waals surface area contributed by atoms with Gasteiger partial charge in [0, 0.05) is 17.1 Å². The van der Waals surface area contributed by atoms with E-state index < -0.39 is 0 Å². The summed E-state index contributed by atoms with van der Waals surface area (Å²) in [7, 11) is 0. The molecule has 0 radical (unpaired) electrons. The number of carbonyl (C=O) groups excluding carboxylic acids is 2. The standard InChI is InChI=1S/C18H13N3O3/c1-10(20-24)11-6-7-15-14(8-11)16(9-19-15)21-17(22)12-4-2-3-5-13(12)18(21)23/h2-9,19,24H,1H3. The van der Waals surface area contributed by atoms with Gasteiger partial charge in [-0.25, -0.2) is 4.90 Å². The molecule has 2 N–H and O–H groups in total. The van der Waals surface area contributed by atoms with Crippen molar-refractivity contribution < 1.29 is 14.8 Å². The second-order valence-corrected chi connectivity index (χ2v) is 5.61. The average Bonchev–Trinajstić information content (AvgIpc) is 3.13. The molecule has 118 valence electrons. The number of hydrogen-bond donors (Lipinski definition) is 2. The molecule has 0 bridgehead atoms. The molecule has 2 heterocycles. The molecular formula is C18H13N3O3. The number of oxime groups is 1. The molecule has 0 unspecified atom stereocenters. The molecule has 0 spiro atoms. The first-order chi connectivity index (χ1) is 11.6. The van der Waals surface area contributed by atoms with Crippen LogP contribution in [0.25, 0.3) is 10.9 Å². The van der Waals surface area contributed by atoms with E-state index in [0.29, 0.717) is 33.5 Å². The lowest BCUT2D eigenvalue weighted by Gasteiger charge is -2.12. The van der Waals surface area contributed by atoms with Crippen molar-refractivity contribution >= 4 is 34.1 Å². The summed E-state index contributed by atoms with van der Waals surface area (Å²) in [5.41, 5.74) is 3.25. The van der Waals surface area contributed by atoms with Crippen molar-refractivity contribution in [2.75, 3.05) is 4.90 Å². The molecule has 0 saturated carbocycles. The van der Waals surface area contributed by atoms with E-state index in [1.165, 1.54) is 4.90 Å². The predicted octanol–water partition coefficient (Wildman–Crippen LogP) is 3.17. The molecule has 0 saturated heterocycles. The molecule has 0 atom stereocenters. The number of aromatic amines is 1. The summed E-state index contributed by atoms with van der Waals surface area (Å²) >= 11 is 0. The van der Waals surface area contributed by atoms with E-state index in [2.05, 4.69) is 10.1 Å². The molecule has 6 nitrogen and oxygen atoms in total. The number of H-pyrrole nitrogens is 1. The molecule has 3 aromatic rings. The third kappa shape index (κ3) is 1.86. The second kappa shape index (κ2) is 5.06. The van der Waals surface area contributed by atoms with Crippen LogP contribution in [0.5, 0.6) is 0 Å². The Morgan fingerprint density at radius 3 is 2.38 bits per heavy atom. The smallest absolute Gasteiger partial charge is 0.266 e. The van der Waals surface area contributed by atoms with Crippen LogP contribution in [0.1, 0.15) is 33.2 Å². The number of nitrogens with zero attached hydrogens (tertiary/aromatic N) is 2. The Morgan fingerprint density at radius 2 is 1.75 bits per heavy atom. The summed E-state index contributed by atoms with van der Waals surface area (Å²) in [6.45, 7) is 1.68. The fraction of sp³-hybridized carbons (Fsp3) is 0.0556. The van der Waals surface area contributed by atoms with Gasteiger partial charge in [-0.15, -0.1) is 0 Å². The maximum Gasteiger partial charge on any atom is 0.266 e. The van der Waals surface area contributed by atoms with Gasteiger partial charge in [0.15, 0.2) is 0 Å². The summed E-state index contributed by atoms with van der Waals surface area (Å²) in [4.78, 5) is 29.6. The molecule has 1 aliphatic heterocycles. The van der Waals surface area contributed by atoms with E-state index in [1.807, 2.05) is 6.07 Å². The molecule has 1 aliphatic rings. The van der Waals surface area contributed by atoms with Crippen LogP contribution < -0.4 is 4.90 Å². The Bertz CT molecular complexity index is 998. The maximum atomic E-state index is 12.7. The molecule has 6 heteroatoms. The van der Waals surface area contributed by atoms with Crippen LogP contribution in [-0.4, -0.2) is 27.7 Å². The molecule has 2 amide bonds. The molecule has 1 aromatic heterocycles. The number of rotatable bonds is 2. The normalized spacial score (nSPS) is 14.5. The van der Waals surface area contributed by atoms with Crippen molar-refractivity contribution in [3.05, 3.63) is 65.4 Å². The highest BCUT2D eigenvalue weighted by atomic mass is 16.4. The van der Waals surface area contributed by atoms with Crippen LogP contribution in [0.4, 0.5) is 5.69 Å². The third-order valence-corrected chi connectivity index (χ3v) is 4.26. The highest BCUT2D eigenvalue weighted by Gasteiger charge is 2.37. The van der Waals surface area contributed by atoms with Crippen molar-refractivity contribution in [1.29, 1.82) is 0 Å². The Morgan fingerprint density at radius 1 is 1.08 bits per heavy atom. The molecule has 4 rings (SSSR count). The van der Waals surface area contributed by atoms with Gasteiger partial charge in [0.25, 0.3) is 11.8 Å². The van der Waals surface area contributed by atoms with Gasteiger partial charge in [0.05, 0.1) is 22.5 Å². The number of benzene rings is 2. The van der Waals surface area contributed by atoms with E-state index in [9.17, 15) is 9.59 Å². The van der Waals surface area contributed by atoms with Crippen LogP contribution >= 0.6 is 0 Å². The summed E-state index contributed by atoms with van der Waals surface area (Å²) in [5.74, 6) is -0.677. The summed E-state index contributed by atoms with van der Waals surface area (Å²) in [6.07, 6.45) is 1.64. The lowest BCUT2D eigenvalue weighted by molar-refractivity contribution is 0.0926. The lowest BCUT2D eigenvalue weighted by atomic mass is 10.1. The Hall–Kier alpha value is -3.41. The van der Waals surface area contributed by atoms with Crippen molar-refractivity contribution in [3.63, 3.8) is 0 Å². The Labute approximate surface area is 137 Å². The van der Waals surface area contributed by atoms with Crippen molar-refractivity contribution in [2.24, 2.45) is 5.16 Å². The fourth-order valence-corrected chi connectivity index (χ4v) is 2.98. The van der Waals surface area contributed by atoms with E-state index >= 15 is 0 Å². The molecule has 0 fully saturated rings. The number of anilines is 1. The van der Waals surface area contributed by atoms with E-state index in [1.54, 1.807) is 49.5 Å². The van der Waals surface area contributed by atoms with Crippen molar-refractivity contribution in [1.82, 2.24) is 4.98 Å². The van der Waals surface area contributed by atoms with Crippen LogP contribution in [0.2, 0.25) is 0 Å². The van der Waals surface area contributed by atoms with Crippen LogP contribution in [0, 0.1) is 0 Å². The second-order valence-electron chi connectivity index (χ2n) is 5.61. The molecule has 24 heavy (non-hydrogen) atoms. The predicted molar refractivity (Wildman–Crippen MR) is 89.9 cm³/mol. The molecule has 2 aromatic carbocycles. The number of amides is 2. The van der Waals surface area contributed by atoms with Gasteiger partial charge in [-0.3, -0.25) is 9.59 Å². The zero-order valence-corrected chi connectivity index (χ0v) is 12.8. The number of imide groups is 1. The minimum atomic E-state index is -0.338. The molecular weight excluding hydrogens is 306 g/mol. The minimum absolute atomic E-state index is 0.338. The van der Waals surface area contributed by atoms with Crippen molar-refractivity contribution in [2.45, 2.75) is 6.92 Å². The van der Waals surface area contributed by atoms with Crippen LogP contribution in [0.15, 0.2) is 53.8 Å². The monoisotopic (exact) mass is 319 g/mol. The largest absolute Gasteiger partial charge is 0.411 e. The topological polar surface area (TPSA) is 85.8 Å². The minimum Gasteiger partial charge on any atom is -0.411 e. The highest BCUT2D eigenvalue weighted by Crippen LogP contribution is 2.34. The zero-order chi connectivity index (χ0) is 16.8. The first kappa shape index (κ1) is 14.2. The van der Waals surface area contributed by atoms with Gasteiger partial charge >= 0.3 is 0 Å². The quantitative estimate of drug-likeness (QED) is 0.329. The van der Waals surface area contributed by atoms with Crippen molar-refractivity contribution in [3.8, 4) is 0 Å². The maximum absolute atomic E-state index is 12.7. The highest BCUT2D eigenvalue weighted by molar-refractivity contribution is 6.36. The van der Waals surface area contributed by atoms with Gasteiger partial charge in [-0.05, 0) is 36.8 Å². The first-order valence-corrected chi connectivity index (χ1v) is 7.40. The van der Waals surface area contributed by atoms with Crippen LogP contribution in [0.3, 0.4) is 0 Å². The van der Waals surface area contributed by atoms with Gasteiger partial charge in [0.1, 0.15) is 0 Å². The van der Waals surface area contributed by atoms with Gasteiger partial charge in [-0.1, -0.05) is 23.4 Å². The van der Waals surface area contributed by atoms with E-state index in [0.717, 1.165) is 5.52 Å². The fourth-order valence-electron chi connectivity index (χ4n) is 2.98. The molecule has 0 aliphatic carbocycles. The third-order valence-electron chi connectivity index (χ3n) is 4.26. The SMILES string of the molecule is CC(=NO)c1ccc2[nH]cc(N3C(=O)c4ccccc4C3=O)c2c1. The van der Waals surface area contributed by atoms with Gasteiger partial charge < -0.3 is 10.2 Å². The summed E-state index contributed by atoms with van der Waals surface area (Å²) < 4.78 is 0. The number of nitrogens with one attached hydrogen (secondary N) is 1. The summed E-state index contributed by atoms with van der Waals surface area (Å²) in [6, 6.07) is 12.2. The zero-order valence-electron chi connectivity index (χ0n) is 12.8.